The zero-order valence-corrected chi connectivity index (χ0v) is 12.2. The van der Waals surface area contributed by atoms with Gasteiger partial charge in [0.25, 0.3) is 0 Å². The van der Waals surface area contributed by atoms with Crippen molar-refractivity contribution in [2.75, 3.05) is 30.7 Å². The van der Waals surface area contributed by atoms with Gasteiger partial charge in [0, 0.05) is 48.3 Å². The number of rotatable bonds is 5. The predicted octanol–water partition coefficient (Wildman–Crippen LogP) is 2.90. The Morgan fingerprint density at radius 1 is 1.59 bits per heavy atom. The summed E-state index contributed by atoms with van der Waals surface area (Å²) in [7, 11) is 0. The fraction of sp³-hybridized carbons (Fsp3) is 0.750. The molecule has 1 N–H and O–H groups in total. The van der Waals surface area contributed by atoms with Gasteiger partial charge in [-0.2, -0.15) is 11.8 Å². The second kappa shape index (κ2) is 6.61. The first-order valence-electron chi connectivity index (χ1n) is 6.30. The summed E-state index contributed by atoms with van der Waals surface area (Å²) < 4.78 is 0. The molecule has 1 aromatic rings. The molecule has 1 unspecified atom stereocenters. The van der Waals surface area contributed by atoms with Crippen LogP contribution < -0.4 is 5.32 Å². The summed E-state index contributed by atoms with van der Waals surface area (Å²) in [4.78, 5) is 8.33. The van der Waals surface area contributed by atoms with E-state index in [9.17, 15) is 0 Å². The first-order valence-corrected chi connectivity index (χ1v) is 8.17. The monoisotopic (exact) mass is 271 g/mol. The lowest BCUT2D eigenvalue weighted by molar-refractivity contribution is 0.280. The van der Waals surface area contributed by atoms with Crippen molar-refractivity contribution in [3.8, 4) is 0 Å². The maximum atomic E-state index is 4.41. The Morgan fingerprint density at radius 3 is 3.24 bits per heavy atom. The Hall–Kier alpha value is -0.260. The Kier molecular flexibility index (Phi) is 5.13. The molecule has 0 aliphatic carbocycles. The maximum absolute atomic E-state index is 4.41. The molecule has 1 aliphatic heterocycles. The smallest absolute Gasteiger partial charge is 0.182 e. The first kappa shape index (κ1) is 13.2. The molecule has 1 atom stereocenters. The maximum Gasteiger partial charge on any atom is 0.182 e. The van der Waals surface area contributed by atoms with Crippen molar-refractivity contribution in [3.63, 3.8) is 0 Å². The largest absolute Gasteiger partial charge is 0.362 e. The Labute approximate surface area is 112 Å². The summed E-state index contributed by atoms with van der Waals surface area (Å²) >= 11 is 3.88. The second-order valence-corrected chi connectivity index (χ2v) is 7.14. The van der Waals surface area contributed by atoms with Gasteiger partial charge in [0.1, 0.15) is 0 Å². The third-order valence-corrected chi connectivity index (χ3v) is 4.86. The van der Waals surface area contributed by atoms with Crippen LogP contribution >= 0.6 is 23.1 Å². The van der Waals surface area contributed by atoms with Crippen LogP contribution in [0.1, 0.15) is 25.1 Å². The van der Waals surface area contributed by atoms with E-state index in [1.807, 2.05) is 6.20 Å². The van der Waals surface area contributed by atoms with Gasteiger partial charge in [-0.05, 0) is 6.42 Å². The van der Waals surface area contributed by atoms with Crippen molar-refractivity contribution < 1.29 is 0 Å². The van der Waals surface area contributed by atoms with Crippen LogP contribution in [0.4, 0.5) is 5.13 Å². The summed E-state index contributed by atoms with van der Waals surface area (Å²) in [5.74, 6) is 1.26. The topological polar surface area (TPSA) is 28.2 Å². The fourth-order valence-corrected chi connectivity index (χ4v) is 3.91. The lowest BCUT2D eigenvalue weighted by Crippen LogP contribution is -2.35. The van der Waals surface area contributed by atoms with Gasteiger partial charge < -0.3 is 5.32 Å². The fourth-order valence-electron chi connectivity index (χ4n) is 1.95. The van der Waals surface area contributed by atoms with Gasteiger partial charge in [-0.3, -0.25) is 4.90 Å². The SMILES string of the molecule is CCCNc1ncc(CN2CCSC(C)C2)s1. The zero-order valence-electron chi connectivity index (χ0n) is 10.6. The minimum atomic E-state index is 0.773. The Bertz CT molecular complexity index is 340. The van der Waals surface area contributed by atoms with Gasteiger partial charge in [0.05, 0.1) is 0 Å². The quantitative estimate of drug-likeness (QED) is 0.891. The van der Waals surface area contributed by atoms with E-state index in [1.165, 1.54) is 23.7 Å². The molecule has 1 aliphatic rings. The molecule has 0 spiro atoms. The summed E-state index contributed by atoms with van der Waals surface area (Å²) in [6.45, 7) is 9.00. The van der Waals surface area contributed by atoms with E-state index in [1.54, 1.807) is 11.3 Å². The molecular weight excluding hydrogens is 250 g/mol. The van der Waals surface area contributed by atoms with Crippen LogP contribution in [0.2, 0.25) is 0 Å². The van der Waals surface area contributed by atoms with E-state index in [2.05, 4.69) is 40.8 Å². The number of thiazole rings is 1. The van der Waals surface area contributed by atoms with Crippen molar-refractivity contribution in [1.82, 2.24) is 9.88 Å². The van der Waals surface area contributed by atoms with Crippen LogP contribution in [0.25, 0.3) is 0 Å². The summed E-state index contributed by atoms with van der Waals surface area (Å²) in [5.41, 5.74) is 0. The molecule has 17 heavy (non-hydrogen) atoms. The molecule has 5 heteroatoms. The lowest BCUT2D eigenvalue weighted by atomic mass is 10.3. The van der Waals surface area contributed by atoms with E-state index in [0.717, 1.165) is 29.9 Å². The average Bonchev–Trinajstić information content (AvgIpc) is 2.74. The summed E-state index contributed by atoms with van der Waals surface area (Å²) in [6.07, 6.45) is 3.17. The molecule has 1 fully saturated rings. The van der Waals surface area contributed by atoms with Crippen LogP contribution in [0.5, 0.6) is 0 Å². The molecule has 0 radical (unpaired) electrons. The van der Waals surface area contributed by atoms with E-state index in [4.69, 9.17) is 0 Å². The second-order valence-electron chi connectivity index (χ2n) is 4.48. The van der Waals surface area contributed by atoms with E-state index >= 15 is 0 Å². The third-order valence-electron chi connectivity index (χ3n) is 2.78. The molecule has 0 aromatic carbocycles. The van der Waals surface area contributed by atoms with Gasteiger partial charge in [0.2, 0.25) is 0 Å². The van der Waals surface area contributed by atoms with Crippen LogP contribution in [0, 0.1) is 0 Å². The highest BCUT2D eigenvalue weighted by molar-refractivity contribution is 7.99. The number of hydrogen-bond donors (Lipinski definition) is 1. The molecule has 0 amide bonds. The van der Waals surface area contributed by atoms with Crippen LogP contribution in [-0.2, 0) is 6.54 Å². The minimum Gasteiger partial charge on any atom is -0.362 e. The molecule has 3 nitrogen and oxygen atoms in total. The number of anilines is 1. The Morgan fingerprint density at radius 2 is 2.47 bits per heavy atom. The number of nitrogens with one attached hydrogen (secondary N) is 1. The molecule has 0 saturated carbocycles. The van der Waals surface area contributed by atoms with Crippen molar-refractivity contribution in [1.29, 1.82) is 0 Å². The summed E-state index contributed by atoms with van der Waals surface area (Å²) in [5, 5.41) is 5.19. The highest BCUT2D eigenvalue weighted by Gasteiger charge is 2.17. The normalized spacial score (nSPS) is 21.6. The van der Waals surface area contributed by atoms with Crippen LogP contribution in [0.15, 0.2) is 6.20 Å². The highest BCUT2D eigenvalue weighted by Crippen LogP contribution is 2.23. The van der Waals surface area contributed by atoms with Gasteiger partial charge in [-0.15, -0.1) is 11.3 Å². The van der Waals surface area contributed by atoms with Crippen molar-refractivity contribution >= 4 is 28.2 Å². The number of aromatic nitrogens is 1. The van der Waals surface area contributed by atoms with Crippen molar-refractivity contribution in [3.05, 3.63) is 11.1 Å². The summed E-state index contributed by atoms with van der Waals surface area (Å²) in [6, 6.07) is 0. The van der Waals surface area contributed by atoms with Gasteiger partial charge in [-0.25, -0.2) is 4.98 Å². The van der Waals surface area contributed by atoms with E-state index in [-0.39, 0.29) is 0 Å². The van der Waals surface area contributed by atoms with Gasteiger partial charge >= 0.3 is 0 Å². The van der Waals surface area contributed by atoms with E-state index < -0.39 is 0 Å². The zero-order chi connectivity index (χ0) is 12.1. The molecule has 2 heterocycles. The van der Waals surface area contributed by atoms with Crippen LogP contribution in [-0.4, -0.2) is 40.5 Å². The molecule has 96 valence electrons. The Balaban J connectivity index is 1.83. The lowest BCUT2D eigenvalue weighted by Gasteiger charge is -2.29. The van der Waals surface area contributed by atoms with Gasteiger partial charge in [0.15, 0.2) is 5.13 Å². The predicted molar refractivity (Wildman–Crippen MR) is 78.1 cm³/mol. The molecule has 2 rings (SSSR count). The average molecular weight is 271 g/mol. The van der Waals surface area contributed by atoms with Crippen molar-refractivity contribution in [2.24, 2.45) is 0 Å². The third kappa shape index (κ3) is 4.16. The molecule has 0 bridgehead atoms. The minimum absolute atomic E-state index is 0.773. The van der Waals surface area contributed by atoms with E-state index in [0.29, 0.717) is 0 Å². The number of hydrogen-bond acceptors (Lipinski definition) is 5. The van der Waals surface area contributed by atoms with Gasteiger partial charge in [-0.1, -0.05) is 13.8 Å². The first-order chi connectivity index (χ1) is 8.28. The molecular formula is C12H21N3S2. The van der Waals surface area contributed by atoms with Crippen LogP contribution in [0.3, 0.4) is 0 Å². The number of thioether (sulfide) groups is 1. The number of nitrogens with zero attached hydrogens (tertiary/aromatic N) is 2. The van der Waals surface area contributed by atoms with Crippen molar-refractivity contribution in [2.45, 2.75) is 32.1 Å². The standard InChI is InChI=1S/C12H21N3S2/c1-3-4-13-12-14-7-11(17-12)9-15-5-6-16-10(2)8-15/h7,10H,3-6,8-9H2,1-2H3,(H,13,14). The highest BCUT2D eigenvalue weighted by atomic mass is 32.2. The molecule has 1 aromatic heterocycles. The molecule has 1 saturated heterocycles.